The minimum Gasteiger partial charge on any atom is -0.507 e. The maximum absolute atomic E-state index is 12.2. The van der Waals surface area contributed by atoms with Gasteiger partial charge in [0.05, 0.1) is 18.7 Å². The van der Waals surface area contributed by atoms with E-state index >= 15 is 0 Å². The Morgan fingerprint density at radius 2 is 2.00 bits per heavy atom. The standard InChI is InChI=1S/C16H16ClNO3/c1-10(12-5-3-4-6-14(12)17)18-16(20)13-8-7-11(21-2)9-15(13)19/h3-10,19H,1-2H3,(H,18,20). The number of phenolic OH excluding ortho intramolecular Hbond substituents is 1. The number of rotatable bonds is 4. The summed E-state index contributed by atoms with van der Waals surface area (Å²) in [6.45, 7) is 1.83. The van der Waals surface area contributed by atoms with Crippen molar-refractivity contribution in [2.24, 2.45) is 0 Å². The molecular formula is C16H16ClNO3. The second kappa shape index (κ2) is 6.50. The van der Waals surface area contributed by atoms with Crippen molar-refractivity contribution in [3.8, 4) is 11.5 Å². The summed E-state index contributed by atoms with van der Waals surface area (Å²) in [5.74, 6) is -0.0102. The minimum absolute atomic E-state index is 0.127. The van der Waals surface area contributed by atoms with Crippen LogP contribution in [0.3, 0.4) is 0 Å². The first kappa shape index (κ1) is 15.2. The van der Waals surface area contributed by atoms with Crippen LogP contribution in [-0.2, 0) is 0 Å². The number of methoxy groups -OCH3 is 1. The van der Waals surface area contributed by atoms with Crippen LogP contribution in [0.15, 0.2) is 42.5 Å². The topological polar surface area (TPSA) is 58.6 Å². The van der Waals surface area contributed by atoms with Gasteiger partial charge in [-0.25, -0.2) is 0 Å². The molecule has 2 N–H and O–H groups in total. The molecule has 0 saturated heterocycles. The summed E-state index contributed by atoms with van der Waals surface area (Å²) in [5.41, 5.74) is 1.01. The lowest BCUT2D eigenvalue weighted by molar-refractivity contribution is 0.0937. The first-order valence-electron chi connectivity index (χ1n) is 6.45. The van der Waals surface area contributed by atoms with Crippen molar-refractivity contribution >= 4 is 17.5 Å². The van der Waals surface area contributed by atoms with Gasteiger partial charge in [-0.1, -0.05) is 29.8 Å². The van der Waals surface area contributed by atoms with Gasteiger partial charge in [0, 0.05) is 11.1 Å². The average Bonchev–Trinajstić information content (AvgIpc) is 2.47. The van der Waals surface area contributed by atoms with Crippen LogP contribution in [0.1, 0.15) is 28.9 Å². The number of aromatic hydroxyl groups is 1. The van der Waals surface area contributed by atoms with Crippen LogP contribution in [0.4, 0.5) is 0 Å². The zero-order valence-electron chi connectivity index (χ0n) is 11.8. The van der Waals surface area contributed by atoms with E-state index in [-0.39, 0.29) is 23.3 Å². The first-order chi connectivity index (χ1) is 10.0. The van der Waals surface area contributed by atoms with E-state index in [9.17, 15) is 9.90 Å². The molecule has 2 aromatic carbocycles. The van der Waals surface area contributed by atoms with E-state index < -0.39 is 0 Å². The van der Waals surface area contributed by atoms with Gasteiger partial charge in [-0.2, -0.15) is 0 Å². The van der Waals surface area contributed by atoms with Gasteiger partial charge in [0.1, 0.15) is 11.5 Å². The number of benzene rings is 2. The van der Waals surface area contributed by atoms with Gasteiger partial charge in [-0.05, 0) is 30.7 Å². The summed E-state index contributed by atoms with van der Waals surface area (Å²) in [5, 5.41) is 13.3. The van der Waals surface area contributed by atoms with E-state index in [2.05, 4.69) is 5.32 Å². The van der Waals surface area contributed by atoms with E-state index in [0.29, 0.717) is 10.8 Å². The molecule has 1 atom stereocenters. The van der Waals surface area contributed by atoms with Gasteiger partial charge in [-0.15, -0.1) is 0 Å². The summed E-state index contributed by atoms with van der Waals surface area (Å²) >= 11 is 6.10. The summed E-state index contributed by atoms with van der Waals surface area (Å²) in [6.07, 6.45) is 0. The molecule has 110 valence electrons. The van der Waals surface area contributed by atoms with E-state index in [4.69, 9.17) is 16.3 Å². The second-order valence-electron chi connectivity index (χ2n) is 4.60. The molecule has 0 aliphatic carbocycles. The van der Waals surface area contributed by atoms with Crippen molar-refractivity contribution in [1.82, 2.24) is 5.32 Å². The fraction of sp³-hybridized carbons (Fsp3) is 0.188. The van der Waals surface area contributed by atoms with Crippen LogP contribution in [0.25, 0.3) is 0 Å². The van der Waals surface area contributed by atoms with Gasteiger partial charge in [0.25, 0.3) is 5.91 Å². The van der Waals surface area contributed by atoms with Crippen LogP contribution in [0.2, 0.25) is 5.02 Å². The van der Waals surface area contributed by atoms with Gasteiger partial charge in [0.2, 0.25) is 0 Å². The quantitative estimate of drug-likeness (QED) is 0.908. The van der Waals surface area contributed by atoms with Crippen LogP contribution < -0.4 is 10.1 Å². The van der Waals surface area contributed by atoms with Crippen molar-refractivity contribution in [3.05, 3.63) is 58.6 Å². The summed E-state index contributed by atoms with van der Waals surface area (Å²) in [6, 6.07) is 11.6. The highest BCUT2D eigenvalue weighted by molar-refractivity contribution is 6.31. The molecule has 21 heavy (non-hydrogen) atoms. The van der Waals surface area contributed by atoms with Crippen molar-refractivity contribution in [2.75, 3.05) is 7.11 Å². The number of carbonyl (C=O) groups excluding carboxylic acids is 1. The first-order valence-corrected chi connectivity index (χ1v) is 6.83. The maximum Gasteiger partial charge on any atom is 0.255 e. The third-order valence-corrected chi connectivity index (χ3v) is 3.51. The van der Waals surface area contributed by atoms with E-state index in [1.54, 1.807) is 12.1 Å². The molecule has 4 nitrogen and oxygen atoms in total. The molecule has 0 fully saturated rings. The number of nitrogens with one attached hydrogen (secondary N) is 1. The Hall–Kier alpha value is -2.20. The zero-order chi connectivity index (χ0) is 15.4. The monoisotopic (exact) mass is 305 g/mol. The van der Waals surface area contributed by atoms with Gasteiger partial charge < -0.3 is 15.2 Å². The number of hydrogen-bond acceptors (Lipinski definition) is 3. The number of halogens is 1. The fourth-order valence-electron chi connectivity index (χ4n) is 2.01. The fourth-order valence-corrected chi connectivity index (χ4v) is 2.31. The molecule has 0 spiro atoms. The van der Waals surface area contributed by atoms with Gasteiger partial charge in [0.15, 0.2) is 0 Å². The lowest BCUT2D eigenvalue weighted by Crippen LogP contribution is -2.26. The molecule has 1 amide bonds. The lowest BCUT2D eigenvalue weighted by atomic mass is 10.1. The van der Waals surface area contributed by atoms with Gasteiger partial charge >= 0.3 is 0 Å². The molecule has 0 aliphatic rings. The van der Waals surface area contributed by atoms with Crippen molar-refractivity contribution < 1.29 is 14.6 Å². The second-order valence-corrected chi connectivity index (χ2v) is 5.01. The average molecular weight is 306 g/mol. The Labute approximate surface area is 128 Å². The Kier molecular flexibility index (Phi) is 4.70. The van der Waals surface area contributed by atoms with E-state index in [1.165, 1.54) is 19.2 Å². The summed E-state index contributed by atoms with van der Waals surface area (Å²) in [7, 11) is 1.49. The molecule has 2 rings (SSSR count). The van der Waals surface area contributed by atoms with Crippen molar-refractivity contribution in [1.29, 1.82) is 0 Å². The number of phenols is 1. The van der Waals surface area contributed by atoms with E-state index in [1.807, 2.05) is 25.1 Å². The Balaban J connectivity index is 2.16. The maximum atomic E-state index is 12.2. The normalized spacial score (nSPS) is 11.8. The molecule has 0 aromatic heterocycles. The van der Waals surface area contributed by atoms with Crippen LogP contribution >= 0.6 is 11.6 Å². The lowest BCUT2D eigenvalue weighted by Gasteiger charge is -2.16. The zero-order valence-corrected chi connectivity index (χ0v) is 12.5. The molecule has 2 aromatic rings. The largest absolute Gasteiger partial charge is 0.507 e. The molecule has 0 radical (unpaired) electrons. The molecule has 0 bridgehead atoms. The summed E-state index contributed by atoms with van der Waals surface area (Å²) in [4.78, 5) is 12.2. The minimum atomic E-state index is -0.373. The van der Waals surface area contributed by atoms with Crippen LogP contribution in [0, 0.1) is 0 Å². The number of ether oxygens (including phenoxy) is 1. The molecule has 5 heteroatoms. The van der Waals surface area contributed by atoms with Crippen LogP contribution in [0.5, 0.6) is 11.5 Å². The predicted molar refractivity (Wildman–Crippen MR) is 82.0 cm³/mol. The highest BCUT2D eigenvalue weighted by atomic mass is 35.5. The highest BCUT2D eigenvalue weighted by Crippen LogP contribution is 2.26. The smallest absolute Gasteiger partial charge is 0.255 e. The molecule has 0 heterocycles. The van der Waals surface area contributed by atoms with Crippen LogP contribution in [-0.4, -0.2) is 18.1 Å². The molecule has 1 unspecified atom stereocenters. The number of carbonyl (C=O) groups is 1. The Bertz CT molecular complexity index is 658. The van der Waals surface area contributed by atoms with Gasteiger partial charge in [-0.3, -0.25) is 4.79 Å². The molecular weight excluding hydrogens is 290 g/mol. The number of hydrogen-bond donors (Lipinski definition) is 2. The Morgan fingerprint density at radius 1 is 1.29 bits per heavy atom. The third-order valence-electron chi connectivity index (χ3n) is 3.17. The SMILES string of the molecule is COc1ccc(C(=O)NC(C)c2ccccc2Cl)c(O)c1. The third kappa shape index (κ3) is 3.47. The number of amides is 1. The molecule has 0 saturated carbocycles. The van der Waals surface area contributed by atoms with Crippen molar-refractivity contribution in [3.63, 3.8) is 0 Å². The Morgan fingerprint density at radius 3 is 2.62 bits per heavy atom. The summed E-state index contributed by atoms with van der Waals surface area (Å²) < 4.78 is 4.99. The highest BCUT2D eigenvalue weighted by Gasteiger charge is 2.16. The molecule has 0 aliphatic heterocycles. The van der Waals surface area contributed by atoms with Crippen molar-refractivity contribution in [2.45, 2.75) is 13.0 Å². The van der Waals surface area contributed by atoms with E-state index in [0.717, 1.165) is 5.56 Å². The predicted octanol–water partition coefficient (Wildman–Crippen LogP) is 3.55.